The highest BCUT2D eigenvalue weighted by Crippen LogP contribution is 2.27. The van der Waals surface area contributed by atoms with Gasteiger partial charge in [0.2, 0.25) is 0 Å². The van der Waals surface area contributed by atoms with Crippen molar-refractivity contribution in [3.63, 3.8) is 0 Å². The number of nitrogens with one attached hydrogen (secondary N) is 1. The van der Waals surface area contributed by atoms with Crippen LogP contribution in [0.4, 0.5) is 0 Å². The van der Waals surface area contributed by atoms with Gasteiger partial charge < -0.3 is 5.32 Å². The molecule has 0 radical (unpaired) electrons. The molecule has 108 valence electrons. The molecule has 0 aliphatic heterocycles. The Morgan fingerprint density at radius 3 is 2.50 bits per heavy atom. The quantitative estimate of drug-likeness (QED) is 0.918. The Bertz CT molecular complexity index is 616. The number of halogens is 1. The van der Waals surface area contributed by atoms with Crippen LogP contribution in [0.2, 0.25) is 5.02 Å². The van der Waals surface area contributed by atoms with Gasteiger partial charge in [0, 0.05) is 11.7 Å². The van der Waals surface area contributed by atoms with E-state index in [0.717, 1.165) is 28.6 Å². The SMILES string of the molecule is CCNC(C)c1ccc(-n2nc(C)c(C)c2C)c(Cl)c1. The van der Waals surface area contributed by atoms with Crippen LogP contribution >= 0.6 is 11.6 Å². The first kappa shape index (κ1) is 15.1. The lowest BCUT2D eigenvalue weighted by Gasteiger charge is -2.15. The highest BCUT2D eigenvalue weighted by atomic mass is 35.5. The summed E-state index contributed by atoms with van der Waals surface area (Å²) in [6.07, 6.45) is 0. The molecule has 1 aromatic heterocycles. The molecule has 1 atom stereocenters. The number of aromatic nitrogens is 2. The van der Waals surface area contributed by atoms with Crippen molar-refractivity contribution in [3.05, 3.63) is 45.7 Å². The Morgan fingerprint density at radius 2 is 2.00 bits per heavy atom. The van der Waals surface area contributed by atoms with Crippen molar-refractivity contribution in [2.45, 2.75) is 40.7 Å². The maximum atomic E-state index is 6.45. The lowest BCUT2D eigenvalue weighted by atomic mass is 10.1. The zero-order valence-corrected chi connectivity index (χ0v) is 13.5. The molecule has 0 spiro atoms. The molecule has 1 unspecified atom stereocenters. The molecule has 20 heavy (non-hydrogen) atoms. The first-order chi connectivity index (χ1) is 9.45. The molecule has 0 aliphatic rings. The Morgan fingerprint density at radius 1 is 1.30 bits per heavy atom. The summed E-state index contributed by atoms with van der Waals surface area (Å²) in [5.74, 6) is 0. The molecule has 1 heterocycles. The fourth-order valence-electron chi connectivity index (χ4n) is 2.34. The predicted octanol–water partition coefficient (Wildman–Crippen LogP) is 4.12. The number of hydrogen-bond acceptors (Lipinski definition) is 2. The Hall–Kier alpha value is -1.32. The third-order valence-corrected chi connectivity index (χ3v) is 4.17. The zero-order valence-electron chi connectivity index (χ0n) is 12.8. The molecule has 4 heteroatoms. The van der Waals surface area contributed by atoms with E-state index in [0.29, 0.717) is 6.04 Å². The van der Waals surface area contributed by atoms with E-state index in [1.165, 1.54) is 11.1 Å². The van der Waals surface area contributed by atoms with Crippen molar-refractivity contribution in [1.29, 1.82) is 0 Å². The molecule has 0 aliphatic carbocycles. The number of benzene rings is 1. The van der Waals surface area contributed by atoms with Crippen molar-refractivity contribution in [2.24, 2.45) is 0 Å². The molecule has 1 aromatic carbocycles. The minimum Gasteiger partial charge on any atom is -0.310 e. The van der Waals surface area contributed by atoms with Gasteiger partial charge in [0.1, 0.15) is 0 Å². The molecule has 0 bridgehead atoms. The van der Waals surface area contributed by atoms with Crippen molar-refractivity contribution in [2.75, 3.05) is 6.54 Å². The average Bonchev–Trinajstić information content (AvgIpc) is 2.66. The number of aryl methyl sites for hydroxylation is 1. The summed E-state index contributed by atoms with van der Waals surface area (Å²) in [5.41, 5.74) is 5.53. The van der Waals surface area contributed by atoms with Crippen LogP contribution in [0.15, 0.2) is 18.2 Å². The maximum Gasteiger partial charge on any atom is 0.0835 e. The fourth-order valence-corrected chi connectivity index (χ4v) is 2.61. The monoisotopic (exact) mass is 291 g/mol. The van der Waals surface area contributed by atoms with E-state index in [-0.39, 0.29) is 0 Å². The topological polar surface area (TPSA) is 29.9 Å². The van der Waals surface area contributed by atoms with Crippen molar-refractivity contribution in [1.82, 2.24) is 15.1 Å². The lowest BCUT2D eigenvalue weighted by molar-refractivity contribution is 0.598. The van der Waals surface area contributed by atoms with Crippen LogP contribution in [0.1, 0.15) is 42.4 Å². The Labute approximate surface area is 126 Å². The number of rotatable bonds is 4. The third kappa shape index (κ3) is 2.74. The summed E-state index contributed by atoms with van der Waals surface area (Å²) in [6, 6.07) is 6.48. The molecular weight excluding hydrogens is 270 g/mol. The van der Waals surface area contributed by atoms with Gasteiger partial charge in [-0.1, -0.05) is 24.6 Å². The third-order valence-electron chi connectivity index (χ3n) is 3.86. The van der Waals surface area contributed by atoms with Gasteiger partial charge in [-0.3, -0.25) is 0 Å². The normalized spacial score (nSPS) is 12.7. The highest BCUT2D eigenvalue weighted by molar-refractivity contribution is 6.32. The number of hydrogen-bond donors (Lipinski definition) is 1. The van der Waals surface area contributed by atoms with Gasteiger partial charge in [0.05, 0.1) is 16.4 Å². The summed E-state index contributed by atoms with van der Waals surface area (Å²) in [5, 5.41) is 8.69. The summed E-state index contributed by atoms with van der Waals surface area (Å²) in [6.45, 7) is 11.4. The molecule has 0 saturated carbocycles. The highest BCUT2D eigenvalue weighted by Gasteiger charge is 2.13. The van der Waals surface area contributed by atoms with E-state index < -0.39 is 0 Å². The molecule has 0 amide bonds. The molecule has 2 rings (SSSR count). The molecule has 0 saturated heterocycles. The standard InChI is InChI=1S/C16H22ClN3/c1-6-18-12(4)14-7-8-16(15(17)9-14)20-13(5)10(2)11(3)19-20/h7-9,12,18H,6H2,1-5H3. The van der Waals surface area contributed by atoms with Gasteiger partial charge in [0.15, 0.2) is 0 Å². The molecule has 0 fully saturated rings. The van der Waals surface area contributed by atoms with E-state index in [4.69, 9.17) is 11.6 Å². The van der Waals surface area contributed by atoms with E-state index in [9.17, 15) is 0 Å². The second kappa shape index (κ2) is 5.98. The van der Waals surface area contributed by atoms with Crippen LogP contribution in [0.25, 0.3) is 5.69 Å². The predicted molar refractivity (Wildman–Crippen MR) is 84.9 cm³/mol. The zero-order chi connectivity index (χ0) is 14.9. The van der Waals surface area contributed by atoms with Gasteiger partial charge in [-0.25, -0.2) is 4.68 Å². The van der Waals surface area contributed by atoms with E-state index in [2.05, 4.69) is 44.2 Å². The van der Waals surface area contributed by atoms with Crippen LogP contribution in [0, 0.1) is 20.8 Å². The van der Waals surface area contributed by atoms with Crippen molar-refractivity contribution in [3.8, 4) is 5.69 Å². The fraction of sp³-hybridized carbons (Fsp3) is 0.438. The summed E-state index contributed by atoms with van der Waals surface area (Å²) >= 11 is 6.45. The summed E-state index contributed by atoms with van der Waals surface area (Å²) < 4.78 is 1.93. The van der Waals surface area contributed by atoms with E-state index in [1.54, 1.807) is 0 Å². The van der Waals surface area contributed by atoms with Crippen molar-refractivity contribution < 1.29 is 0 Å². The molecule has 2 aromatic rings. The van der Waals surface area contributed by atoms with E-state index >= 15 is 0 Å². The average molecular weight is 292 g/mol. The van der Waals surface area contributed by atoms with Gasteiger partial charge in [-0.2, -0.15) is 5.10 Å². The smallest absolute Gasteiger partial charge is 0.0835 e. The number of nitrogens with zero attached hydrogens (tertiary/aromatic N) is 2. The van der Waals surface area contributed by atoms with Gasteiger partial charge in [-0.05, 0) is 57.5 Å². The van der Waals surface area contributed by atoms with Crippen LogP contribution in [0.3, 0.4) is 0 Å². The van der Waals surface area contributed by atoms with Crippen LogP contribution in [-0.2, 0) is 0 Å². The first-order valence-corrected chi connectivity index (χ1v) is 7.39. The molecular formula is C16H22ClN3. The Kier molecular flexibility index (Phi) is 4.51. The first-order valence-electron chi connectivity index (χ1n) is 7.01. The van der Waals surface area contributed by atoms with Gasteiger partial charge >= 0.3 is 0 Å². The lowest BCUT2D eigenvalue weighted by Crippen LogP contribution is -2.17. The van der Waals surface area contributed by atoms with Crippen LogP contribution in [0.5, 0.6) is 0 Å². The molecule has 1 N–H and O–H groups in total. The van der Waals surface area contributed by atoms with E-state index in [1.807, 2.05) is 23.7 Å². The van der Waals surface area contributed by atoms with Crippen molar-refractivity contribution >= 4 is 11.6 Å². The summed E-state index contributed by atoms with van der Waals surface area (Å²) in [4.78, 5) is 0. The molecule has 3 nitrogen and oxygen atoms in total. The largest absolute Gasteiger partial charge is 0.310 e. The summed E-state index contributed by atoms with van der Waals surface area (Å²) in [7, 11) is 0. The minimum absolute atomic E-state index is 0.300. The van der Waals surface area contributed by atoms with Crippen LogP contribution < -0.4 is 5.32 Å². The second-order valence-electron chi connectivity index (χ2n) is 5.20. The van der Waals surface area contributed by atoms with Gasteiger partial charge in [0.25, 0.3) is 0 Å². The minimum atomic E-state index is 0.300. The van der Waals surface area contributed by atoms with Crippen LogP contribution in [-0.4, -0.2) is 16.3 Å². The maximum absolute atomic E-state index is 6.45. The Balaban J connectivity index is 2.41. The van der Waals surface area contributed by atoms with Gasteiger partial charge in [-0.15, -0.1) is 0 Å². The second-order valence-corrected chi connectivity index (χ2v) is 5.61.